The minimum Gasteiger partial charge on any atom is -0.481 e. The highest BCUT2D eigenvalue weighted by atomic mass is 16.5. The molecule has 1 aromatic rings. The highest BCUT2D eigenvalue weighted by Crippen LogP contribution is 2.29. The van der Waals surface area contributed by atoms with Crippen LogP contribution in [-0.4, -0.2) is 31.3 Å². The van der Waals surface area contributed by atoms with Gasteiger partial charge in [-0.25, -0.2) is 0 Å². The molecule has 4 heteroatoms. The zero-order valence-electron chi connectivity index (χ0n) is 10.8. The second-order valence-electron chi connectivity index (χ2n) is 4.41. The monoisotopic (exact) mass is 251 g/mol. The van der Waals surface area contributed by atoms with Gasteiger partial charge in [-0.1, -0.05) is 30.3 Å². The fourth-order valence-corrected chi connectivity index (χ4v) is 2.11. The van der Waals surface area contributed by atoms with Gasteiger partial charge in [0.25, 0.3) is 0 Å². The van der Waals surface area contributed by atoms with Crippen LogP contribution in [0.1, 0.15) is 24.8 Å². The molecule has 3 N–H and O–H groups in total. The lowest BCUT2D eigenvalue weighted by Gasteiger charge is -2.28. The van der Waals surface area contributed by atoms with E-state index in [1.54, 1.807) is 7.11 Å². The molecule has 0 radical (unpaired) electrons. The van der Waals surface area contributed by atoms with Gasteiger partial charge in [0, 0.05) is 20.3 Å². The molecule has 0 saturated carbocycles. The number of unbranched alkanes of at least 4 members (excludes halogenated alkanes) is 1. The molecule has 0 aliphatic rings. The molecule has 0 aliphatic heterocycles. The summed E-state index contributed by atoms with van der Waals surface area (Å²) in [5.41, 5.74) is 5.54. The molecule has 4 nitrogen and oxygen atoms in total. The fraction of sp³-hybridized carbons (Fsp3) is 0.500. The number of hydrogen-bond donors (Lipinski definition) is 2. The average molecular weight is 251 g/mol. The van der Waals surface area contributed by atoms with Crippen molar-refractivity contribution in [2.75, 3.05) is 20.3 Å². The summed E-state index contributed by atoms with van der Waals surface area (Å²) < 4.78 is 4.98. The van der Waals surface area contributed by atoms with Crippen LogP contribution < -0.4 is 5.73 Å². The molecule has 0 fully saturated rings. The Balaban J connectivity index is 2.85. The Bertz CT molecular complexity index is 367. The van der Waals surface area contributed by atoms with E-state index in [0.717, 1.165) is 18.4 Å². The highest BCUT2D eigenvalue weighted by Gasteiger charge is 2.38. The van der Waals surface area contributed by atoms with Crippen molar-refractivity contribution >= 4 is 5.97 Å². The van der Waals surface area contributed by atoms with Crippen molar-refractivity contribution in [3.63, 3.8) is 0 Å². The quantitative estimate of drug-likeness (QED) is 0.691. The van der Waals surface area contributed by atoms with Gasteiger partial charge >= 0.3 is 5.97 Å². The molecular weight excluding hydrogens is 230 g/mol. The van der Waals surface area contributed by atoms with Crippen molar-refractivity contribution in [2.24, 2.45) is 5.73 Å². The van der Waals surface area contributed by atoms with Gasteiger partial charge < -0.3 is 15.6 Å². The van der Waals surface area contributed by atoms with Gasteiger partial charge in [-0.05, 0) is 24.8 Å². The Hall–Kier alpha value is -1.39. The number of hydrogen-bond acceptors (Lipinski definition) is 3. The van der Waals surface area contributed by atoms with Crippen LogP contribution in [0.3, 0.4) is 0 Å². The first kappa shape index (κ1) is 14.7. The summed E-state index contributed by atoms with van der Waals surface area (Å²) in [6.07, 6.45) is 2.16. The van der Waals surface area contributed by atoms with Crippen molar-refractivity contribution in [3.8, 4) is 0 Å². The third kappa shape index (κ3) is 3.31. The van der Waals surface area contributed by atoms with Gasteiger partial charge in [-0.2, -0.15) is 0 Å². The van der Waals surface area contributed by atoms with E-state index in [-0.39, 0.29) is 6.54 Å². The first-order valence-electron chi connectivity index (χ1n) is 6.15. The average Bonchev–Trinajstić information content (AvgIpc) is 2.40. The zero-order valence-corrected chi connectivity index (χ0v) is 10.8. The summed E-state index contributed by atoms with van der Waals surface area (Å²) in [7, 11) is 1.64. The SMILES string of the molecule is COCCCCC(CN)(C(=O)O)c1ccccc1. The molecule has 1 aromatic carbocycles. The molecule has 0 heterocycles. The second-order valence-corrected chi connectivity index (χ2v) is 4.41. The van der Waals surface area contributed by atoms with Crippen molar-refractivity contribution in [1.82, 2.24) is 0 Å². The number of nitrogens with two attached hydrogens (primary N) is 1. The van der Waals surface area contributed by atoms with Crippen LogP contribution in [0.5, 0.6) is 0 Å². The predicted octanol–water partition coefficient (Wildman–Crippen LogP) is 1.78. The van der Waals surface area contributed by atoms with Gasteiger partial charge in [0.2, 0.25) is 0 Å². The number of carbonyl (C=O) groups is 1. The van der Waals surface area contributed by atoms with Crippen LogP contribution in [-0.2, 0) is 14.9 Å². The summed E-state index contributed by atoms with van der Waals surface area (Å²) in [4.78, 5) is 11.6. The predicted molar refractivity (Wildman–Crippen MR) is 70.5 cm³/mol. The molecule has 1 rings (SSSR count). The van der Waals surface area contributed by atoms with Gasteiger partial charge in [0.1, 0.15) is 5.41 Å². The van der Waals surface area contributed by atoms with Crippen LogP contribution in [0, 0.1) is 0 Å². The van der Waals surface area contributed by atoms with Crippen LogP contribution in [0.25, 0.3) is 0 Å². The Kier molecular flexibility index (Phi) is 5.82. The van der Waals surface area contributed by atoms with Crippen LogP contribution >= 0.6 is 0 Å². The third-order valence-electron chi connectivity index (χ3n) is 3.29. The Morgan fingerprint density at radius 3 is 2.50 bits per heavy atom. The van der Waals surface area contributed by atoms with Crippen molar-refractivity contribution in [3.05, 3.63) is 35.9 Å². The normalized spacial score (nSPS) is 14.1. The lowest BCUT2D eigenvalue weighted by Crippen LogP contribution is -2.43. The first-order valence-corrected chi connectivity index (χ1v) is 6.15. The highest BCUT2D eigenvalue weighted by molar-refractivity contribution is 5.81. The maximum absolute atomic E-state index is 11.6. The number of carboxylic acid groups (broad SMARTS) is 1. The Morgan fingerprint density at radius 1 is 1.33 bits per heavy atom. The standard InChI is InChI=1S/C14H21NO3/c1-18-10-6-5-9-14(11-15,13(16)17)12-7-3-2-4-8-12/h2-4,7-8H,5-6,9-11,15H2,1H3,(H,16,17). The molecule has 0 saturated heterocycles. The largest absolute Gasteiger partial charge is 0.481 e. The molecule has 0 bridgehead atoms. The topological polar surface area (TPSA) is 72.5 Å². The van der Waals surface area contributed by atoms with Crippen LogP contribution in [0.15, 0.2) is 30.3 Å². The molecule has 0 aliphatic carbocycles. The van der Waals surface area contributed by atoms with Crippen LogP contribution in [0.2, 0.25) is 0 Å². The van der Waals surface area contributed by atoms with E-state index in [2.05, 4.69) is 0 Å². The van der Waals surface area contributed by atoms with E-state index in [1.807, 2.05) is 30.3 Å². The number of aliphatic carboxylic acids is 1. The van der Waals surface area contributed by atoms with E-state index >= 15 is 0 Å². The van der Waals surface area contributed by atoms with Crippen LogP contribution in [0.4, 0.5) is 0 Å². The number of carboxylic acids is 1. The van der Waals surface area contributed by atoms with E-state index < -0.39 is 11.4 Å². The molecule has 1 atom stereocenters. The Morgan fingerprint density at radius 2 is 2.00 bits per heavy atom. The lowest BCUT2D eigenvalue weighted by atomic mass is 9.76. The molecule has 1 unspecified atom stereocenters. The molecule has 18 heavy (non-hydrogen) atoms. The van der Waals surface area contributed by atoms with Crippen molar-refractivity contribution in [1.29, 1.82) is 0 Å². The third-order valence-corrected chi connectivity index (χ3v) is 3.29. The Labute approximate surface area is 108 Å². The van der Waals surface area contributed by atoms with E-state index in [0.29, 0.717) is 13.0 Å². The first-order chi connectivity index (χ1) is 8.67. The van der Waals surface area contributed by atoms with E-state index in [4.69, 9.17) is 10.5 Å². The molecular formula is C14H21NO3. The van der Waals surface area contributed by atoms with Gasteiger partial charge in [-0.3, -0.25) is 4.79 Å². The number of benzene rings is 1. The summed E-state index contributed by atoms with van der Waals surface area (Å²) >= 11 is 0. The summed E-state index contributed by atoms with van der Waals surface area (Å²) in [6, 6.07) is 9.22. The maximum atomic E-state index is 11.6. The van der Waals surface area contributed by atoms with Gasteiger partial charge in [0.05, 0.1) is 0 Å². The lowest BCUT2D eigenvalue weighted by molar-refractivity contribution is -0.143. The van der Waals surface area contributed by atoms with Crippen molar-refractivity contribution < 1.29 is 14.6 Å². The van der Waals surface area contributed by atoms with E-state index in [9.17, 15) is 9.90 Å². The number of ether oxygens (including phenoxy) is 1. The smallest absolute Gasteiger partial charge is 0.315 e. The summed E-state index contributed by atoms with van der Waals surface area (Å²) in [5.74, 6) is -0.853. The maximum Gasteiger partial charge on any atom is 0.315 e. The number of methoxy groups -OCH3 is 1. The molecule has 0 spiro atoms. The molecule has 0 aromatic heterocycles. The van der Waals surface area contributed by atoms with Crippen molar-refractivity contribution in [2.45, 2.75) is 24.7 Å². The molecule has 100 valence electrons. The van der Waals surface area contributed by atoms with E-state index in [1.165, 1.54) is 0 Å². The number of rotatable bonds is 8. The van der Waals surface area contributed by atoms with Gasteiger partial charge in [0.15, 0.2) is 0 Å². The minimum absolute atomic E-state index is 0.110. The zero-order chi connectivity index (χ0) is 13.4. The minimum atomic E-state index is -0.977. The second kappa shape index (κ2) is 7.13. The fourth-order valence-electron chi connectivity index (χ4n) is 2.11. The molecule has 0 amide bonds. The van der Waals surface area contributed by atoms with Gasteiger partial charge in [-0.15, -0.1) is 0 Å². The summed E-state index contributed by atoms with van der Waals surface area (Å²) in [6.45, 7) is 0.758. The summed E-state index contributed by atoms with van der Waals surface area (Å²) in [5, 5.41) is 9.52.